The van der Waals surface area contributed by atoms with Crippen LogP contribution in [-0.2, 0) is 4.74 Å². The number of rotatable bonds is 0. The average Bonchev–Trinajstić information content (AvgIpc) is 2.70. The minimum atomic E-state index is -0.680. The third kappa shape index (κ3) is 0.985. The molecule has 5 rings (SSSR count). The van der Waals surface area contributed by atoms with E-state index >= 15 is 0 Å². The van der Waals surface area contributed by atoms with Crippen LogP contribution in [0.5, 0.6) is 0 Å². The molecule has 0 N–H and O–H groups in total. The maximum absolute atomic E-state index is 9.50. The molecule has 2 bridgehead atoms. The van der Waals surface area contributed by atoms with Crippen LogP contribution in [0, 0.1) is 45.8 Å². The normalized spacial score (nSPS) is 52.6. The maximum atomic E-state index is 9.50. The SMILES string of the molecule is CC1=N[C@]23C(=N[C@H](CC2C#N)[C@H]2C[C@@](C)(C#N)[C@H]23)O1. The molecule has 2 saturated carbocycles. The third-order valence-electron chi connectivity index (χ3n) is 5.37. The first kappa shape index (κ1) is 11.0. The molecule has 96 valence electrons. The number of fused-ring (bicyclic) bond motifs is 1. The Balaban J connectivity index is 1.94. The van der Waals surface area contributed by atoms with Crippen LogP contribution in [0.4, 0.5) is 0 Å². The summed E-state index contributed by atoms with van der Waals surface area (Å²) in [5.74, 6) is 1.42. The molecule has 0 aromatic heterocycles. The molecule has 2 aliphatic carbocycles. The van der Waals surface area contributed by atoms with Crippen LogP contribution >= 0.6 is 0 Å². The number of hydrogen-bond donors (Lipinski definition) is 0. The highest BCUT2D eigenvalue weighted by molar-refractivity contribution is 6.04. The van der Waals surface area contributed by atoms with Crippen molar-refractivity contribution in [2.45, 2.75) is 38.3 Å². The third-order valence-corrected chi connectivity index (χ3v) is 5.37. The zero-order valence-electron chi connectivity index (χ0n) is 10.9. The molecule has 0 saturated heterocycles. The first-order valence-corrected chi connectivity index (χ1v) is 6.68. The number of ether oxygens (including phenoxy) is 1. The second-order valence-electron chi connectivity index (χ2n) is 6.35. The van der Waals surface area contributed by atoms with E-state index in [9.17, 15) is 10.5 Å². The first-order chi connectivity index (χ1) is 9.05. The van der Waals surface area contributed by atoms with Crippen molar-refractivity contribution < 1.29 is 4.74 Å². The topological polar surface area (TPSA) is 81.5 Å². The van der Waals surface area contributed by atoms with Crippen molar-refractivity contribution in [2.24, 2.45) is 33.2 Å². The molecule has 0 aromatic rings. The van der Waals surface area contributed by atoms with Gasteiger partial charge in [-0.3, -0.25) is 0 Å². The zero-order valence-corrected chi connectivity index (χ0v) is 10.9. The van der Waals surface area contributed by atoms with E-state index in [1.165, 1.54) is 0 Å². The van der Waals surface area contributed by atoms with Crippen molar-refractivity contribution in [3.05, 3.63) is 0 Å². The highest BCUT2D eigenvalue weighted by Crippen LogP contribution is 2.67. The van der Waals surface area contributed by atoms with Crippen molar-refractivity contribution in [3.8, 4) is 12.1 Å². The van der Waals surface area contributed by atoms with Gasteiger partial charge in [0.15, 0.2) is 11.4 Å². The van der Waals surface area contributed by atoms with Gasteiger partial charge in [0, 0.05) is 12.8 Å². The maximum Gasteiger partial charge on any atom is 0.221 e. The Kier molecular flexibility index (Phi) is 1.73. The molecule has 5 aliphatic rings. The zero-order chi connectivity index (χ0) is 13.4. The van der Waals surface area contributed by atoms with Gasteiger partial charge in [-0.15, -0.1) is 0 Å². The van der Waals surface area contributed by atoms with Crippen LogP contribution in [0.15, 0.2) is 9.98 Å². The number of aliphatic imine (C=N–C) groups is 2. The lowest BCUT2D eigenvalue weighted by atomic mass is 9.41. The fourth-order valence-electron chi connectivity index (χ4n) is 4.71. The molecular formula is C14H14N4O. The number of nitriles is 2. The van der Waals surface area contributed by atoms with Crippen LogP contribution in [0.1, 0.15) is 26.7 Å². The van der Waals surface area contributed by atoms with Gasteiger partial charge in [0.2, 0.25) is 5.90 Å². The van der Waals surface area contributed by atoms with Crippen molar-refractivity contribution in [3.63, 3.8) is 0 Å². The summed E-state index contributed by atoms with van der Waals surface area (Å²) >= 11 is 0. The standard InChI is InChI=1S/C14H14N4O/c1-7-18-14-8(5-15)3-10(17-12(14)19-7)9-4-13(2,6-16)11(9)14/h8-11H,3-4H2,1-2H3/t8?,9-,10-,11+,13+,14-/m1/s1. The summed E-state index contributed by atoms with van der Waals surface area (Å²) in [5, 5.41) is 19.0. The second-order valence-corrected chi connectivity index (χ2v) is 6.35. The van der Waals surface area contributed by atoms with Crippen molar-refractivity contribution in [1.29, 1.82) is 10.5 Å². The average molecular weight is 254 g/mol. The van der Waals surface area contributed by atoms with Gasteiger partial charge in [-0.05, 0) is 25.7 Å². The summed E-state index contributed by atoms with van der Waals surface area (Å²) in [7, 11) is 0. The predicted molar refractivity (Wildman–Crippen MR) is 67.2 cm³/mol. The molecule has 3 heterocycles. The Labute approximate surface area is 111 Å². The first-order valence-electron chi connectivity index (χ1n) is 6.68. The lowest BCUT2D eigenvalue weighted by Crippen LogP contribution is -2.71. The minimum Gasteiger partial charge on any atom is -0.427 e. The van der Waals surface area contributed by atoms with E-state index < -0.39 is 11.0 Å². The highest BCUT2D eigenvalue weighted by atomic mass is 16.5. The van der Waals surface area contributed by atoms with Crippen molar-refractivity contribution in [2.75, 3.05) is 0 Å². The summed E-state index contributed by atoms with van der Waals surface area (Å²) in [5.41, 5.74) is -1.09. The lowest BCUT2D eigenvalue weighted by Gasteiger charge is -2.63. The van der Waals surface area contributed by atoms with Gasteiger partial charge < -0.3 is 4.74 Å². The molecule has 0 amide bonds. The molecule has 0 aromatic carbocycles. The van der Waals surface area contributed by atoms with E-state index in [1.807, 2.05) is 6.92 Å². The van der Waals surface area contributed by atoms with E-state index in [1.54, 1.807) is 6.92 Å². The quantitative estimate of drug-likeness (QED) is 0.659. The Morgan fingerprint density at radius 3 is 2.89 bits per heavy atom. The lowest BCUT2D eigenvalue weighted by molar-refractivity contribution is -0.0833. The van der Waals surface area contributed by atoms with E-state index in [-0.39, 0.29) is 17.9 Å². The van der Waals surface area contributed by atoms with Gasteiger partial charge in [-0.1, -0.05) is 0 Å². The highest BCUT2D eigenvalue weighted by Gasteiger charge is 2.74. The van der Waals surface area contributed by atoms with Crippen LogP contribution in [0.3, 0.4) is 0 Å². The Bertz CT molecular complexity index is 624. The molecule has 2 fully saturated rings. The van der Waals surface area contributed by atoms with Gasteiger partial charge in [0.1, 0.15) is 0 Å². The molecule has 5 nitrogen and oxygen atoms in total. The van der Waals surface area contributed by atoms with E-state index in [0.717, 1.165) is 12.8 Å². The van der Waals surface area contributed by atoms with Crippen LogP contribution in [0.2, 0.25) is 0 Å². The number of hydrogen-bond acceptors (Lipinski definition) is 5. The van der Waals surface area contributed by atoms with E-state index in [2.05, 4.69) is 22.1 Å². The van der Waals surface area contributed by atoms with Gasteiger partial charge >= 0.3 is 0 Å². The molecule has 0 radical (unpaired) electrons. The Morgan fingerprint density at radius 2 is 2.21 bits per heavy atom. The summed E-state index contributed by atoms with van der Waals surface area (Å²) in [4.78, 5) is 9.32. The molecular weight excluding hydrogens is 240 g/mol. The summed E-state index contributed by atoms with van der Waals surface area (Å²) < 4.78 is 5.65. The van der Waals surface area contributed by atoms with Gasteiger partial charge in [-0.2, -0.15) is 10.5 Å². The fraction of sp³-hybridized carbons (Fsp3) is 0.714. The van der Waals surface area contributed by atoms with Gasteiger partial charge in [0.25, 0.3) is 0 Å². The van der Waals surface area contributed by atoms with Gasteiger partial charge in [-0.25, -0.2) is 9.98 Å². The van der Waals surface area contributed by atoms with Crippen molar-refractivity contribution >= 4 is 11.8 Å². The van der Waals surface area contributed by atoms with Crippen LogP contribution in [0.25, 0.3) is 0 Å². The van der Waals surface area contributed by atoms with Crippen LogP contribution in [-0.4, -0.2) is 23.4 Å². The van der Waals surface area contributed by atoms with Gasteiger partial charge in [0.05, 0.1) is 29.5 Å². The smallest absolute Gasteiger partial charge is 0.221 e. The molecule has 6 atom stereocenters. The van der Waals surface area contributed by atoms with Crippen LogP contribution < -0.4 is 0 Å². The molecule has 19 heavy (non-hydrogen) atoms. The predicted octanol–water partition coefficient (Wildman–Crippen LogP) is 1.66. The van der Waals surface area contributed by atoms with E-state index in [0.29, 0.717) is 17.7 Å². The molecule has 5 heteroatoms. The number of nitrogens with zero attached hydrogens (tertiary/aromatic N) is 4. The van der Waals surface area contributed by atoms with E-state index in [4.69, 9.17) is 4.74 Å². The summed E-state index contributed by atoms with van der Waals surface area (Å²) in [6, 6.07) is 4.96. The summed E-state index contributed by atoms with van der Waals surface area (Å²) in [6.07, 6.45) is 1.62. The summed E-state index contributed by atoms with van der Waals surface area (Å²) in [6.45, 7) is 3.79. The largest absolute Gasteiger partial charge is 0.427 e. The molecule has 1 unspecified atom stereocenters. The fourth-order valence-corrected chi connectivity index (χ4v) is 4.71. The second kappa shape index (κ2) is 2.99. The molecule has 3 aliphatic heterocycles. The van der Waals surface area contributed by atoms with Crippen molar-refractivity contribution in [1.82, 2.24) is 0 Å². The minimum absolute atomic E-state index is 0.0818. The Morgan fingerprint density at radius 1 is 1.42 bits per heavy atom. The molecule has 1 spiro atoms. The Hall–Kier alpha value is -1.88. The monoisotopic (exact) mass is 254 g/mol.